The standard InChI is InChI=1S/C22H24F3NO5/c1-3-30-19(20(27)28)13-16-7-4-6-15(12-16)10-11-31-21(29)26(2)18-9-5-8-17(14-18)22(23,24)25/h4-9,12,14,19H,3,10-11,13H2,1-2H3,(H,27,28). The van der Waals surface area contributed by atoms with Crippen LogP contribution in [0.2, 0.25) is 0 Å². The fraction of sp³-hybridized carbons (Fsp3) is 0.364. The smallest absolute Gasteiger partial charge is 0.416 e. The zero-order chi connectivity index (χ0) is 23.0. The summed E-state index contributed by atoms with van der Waals surface area (Å²) < 4.78 is 48.9. The molecule has 0 saturated heterocycles. The fourth-order valence-electron chi connectivity index (χ4n) is 2.89. The van der Waals surface area contributed by atoms with Gasteiger partial charge in [0.15, 0.2) is 6.10 Å². The summed E-state index contributed by atoms with van der Waals surface area (Å²) in [5.74, 6) is -1.04. The molecule has 0 aromatic heterocycles. The van der Waals surface area contributed by atoms with Gasteiger partial charge in [0, 0.05) is 32.2 Å². The number of benzene rings is 2. The lowest BCUT2D eigenvalue weighted by atomic mass is 10.0. The minimum absolute atomic E-state index is 0.0133. The van der Waals surface area contributed by atoms with Crippen LogP contribution in [0.5, 0.6) is 0 Å². The van der Waals surface area contributed by atoms with E-state index in [9.17, 15) is 27.9 Å². The Bertz CT molecular complexity index is 901. The molecular formula is C22H24F3NO5. The predicted molar refractivity (Wildman–Crippen MR) is 108 cm³/mol. The molecule has 0 aliphatic carbocycles. The van der Waals surface area contributed by atoms with E-state index in [-0.39, 0.29) is 25.3 Å². The molecule has 9 heteroatoms. The molecule has 1 amide bonds. The molecule has 31 heavy (non-hydrogen) atoms. The van der Waals surface area contributed by atoms with Gasteiger partial charge >= 0.3 is 18.2 Å². The zero-order valence-corrected chi connectivity index (χ0v) is 17.2. The van der Waals surface area contributed by atoms with Gasteiger partial charge in [0.05, 0.1) is 12.2 Å². The molecule has 0 saturated carbocycles. The number of ether oxygens (including phenoxy) is 2. The van der Waals surface area contributed by atoms with Gasteiger partial charge in [-0.3, -0.25) is 4.90 Å². The van der Waals surface area contributed by atoms with Gasteiger partial charge < -0.3 is 14.6 Å². The second-order valence-electron chi connectivity index (χ2n) is 6.78. The summed E-state index contributed by atoms with van der Waals surface area (Å²) in [5, 5.41) is 9.20. The number of aliphatic carboxylic acids is 1. The van der Waals surface area contributed by atoms with Crippen LogP contribution in [0.15, 0.2) is 48.5 Å². The van der Waals surface area contributed by atoms with Crippen LogP contribution in [0.1, 0.15) is 23.6 Å². The van der Waals surface area contributed by atoms with Crippen LogP contribution in [0.4, 0.5) is 23.7 Å². The van der Waals surface area contributed by atoms with Crippen molar-refractivity contribution in [2.75, 3.05) is 25.2 Å². The number of anilines is 1. The van der Waals surface area contributed by atoms with E-state index in [0.29, 0.717) is 6.42 Å². The van der Waals surface area contributed by atoms with E-state index in [2.05, 4.69) is 0 Å². The lowest BCUT2D eigenvalue weighted by molar-refractivity contribution is -0.150. The first kappa shape index (κ1) is 24.2. The zero-order valence-electron chi connectivity index (χ0n) is 17.2. The van der Waals surface area contributed by atoms with Gasteiger partial charge in [0.25, 0.3) is 0 Å². The molecule has 0 radical (unpaired) electrons. The van der Waals surface area contributed by atoms with Crippen molar-refractivity contribution in [3.63, 3.8) is 0 Å². The van der Waals surface area contributed by atoms with Crippen molar-refractivity contribution >= 4 is 17.7 Å². The molecule has 168 valence electrons. The highest BCUT2D eigenvalue weighted by molar-refractivity contribution is 5.87. The first-order valence-corrected chi connectivity index (χ1v) is 9.61. The molecule has 0 spiro atoms. The van der Waals surface area contributed by atoms with E-state index in [1.165, 1.54) is 19.2 Å². The Hall–Kier alpha value is -3.07. The summed E-state index contributed by atoms with van der Waals surface area (Å²) in [5.41, 5.74) is 0.809. The summed E-state index contributed by atoms with van der Waals surface area (Å²) in [6, 6.07) is 11.6. The normalized spacial score (nSPS) is 12.3. The number of carboxylic acids is 1. The Morgan fingerprint density at radius 2 is 1.77 bits per heavy atom. The van der Waals surface area contributed by atoms with E-state index >= 15 is 0 Å². The number of alkyl halides is 3. The molecule has 0 heterocycles. The van der Waals surface area contributed by atoms with Crippen LogP contribution in [-0.4, -0.2) is 43.5 Å². The van der Waals surface area contributed by atoms with Crippen molar-refractivity contribution in [1.82, 2.24) is 0 Å². The molecule has 1 atom stereocenters. The number of carboxylic acid groups (broad SMARTS) is 1. The SMILES string of the molecule is CCOC(Cc1cccc(CCOC(=O)N(C)c2cccc(C(F)(F)F)c2)c1)C(=O)O. The summed E-state index contributed by atoms with van der Waals surface area (Å²) in [6.07, 6.45) is -5.66. The summed E-state index contributed by atoms with van der Waals surface area (Å²) in [7, 11) is 1.33. The maximum atomic E-state index is 12.8. The van der Waals surface area contributed by atoms with Crippen molar-refractivity contribution in [2.24, 2.45) is 0 Å². The molecule has 0 aliphatic heterocycles. The minimum Gasteiger partial charge on any atom is -0.479 e. The summed E-state index contributed by atoms with van der Waals surface area (Å²) >= 11 is 0. The largest absolute Gasteiger partial charge is 0.479 e. The van der Waals surface area contributed by atoms with Gasteiger partial charge in [-0.05, 0) is 36.2 Å². The van der Waals surface area contributed by atoms with Crippen molar-refractivity contribution in [3.05, 3.63) is 65.2 Å². The molecular weight excluding hydrogens is 415 g/mol. The second-order valence-corrected chi connectivity index (χ2v) is 6.78. The van der Waals surface area contributed by atoms with Gasteiger partial charge in [0.1, 0.15) is 0 Å². The topological polar surface area (TPSA) is 76.1 Å². The number of nitrogens with zero attached hydrogens (tertiary/aromatic N) is 1. The first-order chi connectivity index (χ1) is 14.6. The van der Waals surface area contributed by atoms with Crippen LogP contribution < -0.4 is 4.90 Å². The van der Waals surface area contributed by atoms with Gasteiger partial charge in [-0.25, -0.2) is 9.59 Å². The third-order valence-electron chi connectivity index (χ3n) is 4.51. The Kier molecular flexibility index (Phi) is 8.44. The molecule has 2 rings (SSSR count). The first-order valence-electron chi connectivity index (χ1n) is 9.61. The Balaban J connectivity index is 1.93. The van der Waals surface area contributed by atoms with Crippen molar-refractivity contribution in [1.29, 1.82) is 0 Å². The fourth-order valence-corrected chi connectivity index (χ4v) is 2.89. The Labute approximate surface area is 178 Å². The van der Waals surface area contributed by atoms with Crippen molar-refractivity contribution in [2.45, 2.75) is 32.0 Å². The predicted octanol–water partition coefficient (Wildman–Crippen LogP) is 4.55. The quantitative estimate of drug-likeness (QED) is 0.620. The van der Waals surface area contributed by atoms with Crippen LogP contribution in [0.3, 0.4) is 0 Å². The van der Waals surface area contributed by atoms with Gasteiger partial charge in [-0.15, -0.1) is 0 Å². The highest BCUT2D eigenvalue weighted by atomic mass is 19.4. The molecule has 1 unspecified atom stereocenters. The van der Waals surface area contributed by atoms with Gasteiger partial charge in [0.2, 0.25) is 0 Å². The maximum absolute atomic E-state index is 12.8. The number of amides is 1. The number of halogens is 3. The molecule has 0 fully saturated rings. The monoisotopic (exact) mass is 439 g/mol. The van der Waals surface area contributed by atoms with E-state index in [1.807, 2.05) is 6.07 Å². The number of carbonyl (C=O) groups excluding carboxylic acids is 1. The second kappa shape index (κ2) is 10.8. The van der Waals surface area contributed by atoms with E-state index < -0.39 is 29.9 Å². The molecule has 2 aromatic rings. The lowest BCUT2D eigenvalue weighted by Crippen LogP contribution is -2.28. The Morgan fingerprint density at radius 3 is 2.42 bits per heavy atom. The molecule has 2 aromatic carbocycles. The number of hydrogen-bond acceptors (Lipinski definition) is 4. The van der Waals surface area contributed by atoms with Crippen LogP contribution in [0, 0.1) is 0 Å². The van der Waals surface area contributed by atoms with E-state index in [4.69, 9.17) is 9.47 Å². The van der Waals surface area contributed by atoms with Crippen molar-refractivity contribution < 1.29 is 37.3 Å². The van der Waals surface area contributed by atoms with E-state index in [1.54, 1.807) is 25.1 Å². The average Bonchev–Trinajstić information content (AvgIpc) is 2.72. The highest BCUT2D eigenvalue weighted by Gasteiger charge is 2.31. The van der Waals surface area contributed by atoms with Gasteiger partial charge in [-0.1, -0.05) is 30.3 Å². The molecule has 0 aliphatic rings. The van der Waals surface area contributed by atoms with Gasteiger partial charge in [-0.2, -0.15) is 13.2 Å². The minimum atomic E-state index is -4.51. The Morgan fingerprint density at radius 1 is 1.10 bits per heavy atom. The molecule has 6 nitrogen and oxygen atoms in total. The third kappa shape index (κ3) is 7.29. The third-order valence-corrected chi connectivity index (χ3v) is 4.51. The molecule has 1 N–H and O–H groups in total. The van der Waals surface area contributed by atoms with E-state index in [0.717, 1.165) is 28.2 Å². The van der Waals surface area contributed by atoms with Crippen molar-refractivity contribution in [3.8, 4) is 0 Å². The number of hydrogen-bond donors (Lipinski definition) is 1. The lowest BCUT2D eigenvalue weighted by Gasteiger charge is -2.18. The molecule has 0 bridgehead atoms. The van der Waals surface area contributed by atoms with Crippen LogP contribution in [-0.2, 0) is 33.3 Å². The maximum Gasteiger partial charge on any atom is 0.416 e. The number of carbonyl (C=O) groups is 2. The summed E-state index contributed by atoms with van der Waals surface area (Å²) in [4.78, 5) is 24.4. The number of rotatable bonds is 9. The average molecular weight is 439 g/mol. The summed E-state index contributed by atoms with van der Waals surface area (Å²) in [6.45, 7) is 2.02. The van der Waals surface area contributed by atoms with Crippen LogP contribution >= 0.6 is 0 Å². The highest BCUT2D eigenvalue weighted by Crippen LogP contribution is 2.31. The van der Waals surface area contributed by atoms with Crippen LogP contribution in [0.25, 0.3) is 0 Å².